The van der Waals surface area contributed by atoms with Crippen LogP contribution < -0.4 is 0 Å². The fourth-order valence-corrected chi connectivity index (χ4v) is 4.85. The number of amides is 1. The van der Waals surface area contributed by atoms with Gasteiger partial charge in [-0.15, -0.1) is 0 Å². The Hall–Kier alpha value is -1.95. The normalized spacial score (nSPS) is 23.2. The van der Waals surface area contributed by atoms with Gasteiger partial charge >= 0.3 is 0 Å². The highest BCUT2D eigenvalue weighted by atomic mass is 19.3. The van der Waals surface area contributed by atoms with E-state index in [2.05, 4.69) is 15.5 Å². The van der Waals surface area contributed by atoms with Crippen molar-refractivity contribution in [1.82, 2.24) is 14.4 Å². The van der Waals surface area contributed by atoms with E-state index in [0.29, 0.717) is 26.2 Å². The smallest absolute Gasteiger partial charge is 0.256 e. The zero-order valence-electron chi connectivity index (χ0n) is 14.8. The molecule has 5 rings (SSSR count). The summed E-state index contributed by atoms with van der Waals surface area (Å²) in [4.78, 5) is 17.3. The van der Waals surface area contributed by atoms with E-state index >= 15 is 0 Å². The number of fused-ring (bicyclic) bond motifs is 3. The topological polar surface area (TPSA) is 28.5 Å². The van der Waals surface area contributed by atoms with Crippen molar-refractivity contribution in [3.8, 4) is 0 Å². The Morgan fingerprint density at radius 3 is 2.50 bits per heavy atom. The number of carbonyl (C=O) groups excluding carboxylic acids is 1. The molecule has 0 spiro atoms. The van der Waals surface area contributed by atoms with Crippen LogP contribution in [0.2, 0.25) is 0 Å². The molecule has 0 bridgehead atoms. The quantitative estimate of drug-likeness (QED) is 0.824. The van der Waals surface area contributed by atoms with E-state index in [1.165, 1.54) is 0 Å². The van der Waals surface area contributed by atoms with Crippen LogP contribution in [0.4, 0.5) is 8.78 Å². The standard InChI is InChI=1S/C20H23F2N3O/c21-20(22)12-14(13-20)23-8-10-24(11-9-23)19(26)18-15-4-1-2-5-16(15)25-7-3-6-17(18)25/h1-2,4-5,14H,3,6-13H2. The molecule has 1 aliphatic carbocycles. The Balaban J connectivity index is 1.35. The van der Waals surface area contributed by atoms with Gasteiger partial charge < -0.3 is 9.47 Å². The van der Waals surface area contributed by atoms with Crippen molar-refractivity contribution < 1.29 is 13.6 Å². The monoisotopic (exact) mass is 359 g/mol. The van der Waals surface area contributed by atoms with Gasteiger partial charge in [-0.2, -0.15) is 0 Å². The number of carbonyl (C=O) groups is 1. The number of alkyl halides is 2. The average molecular weight is 359 g/mol. The molecule has 0 unspecified atom stereocenters. The van der Waals surface area contributed by atoms with Crippen molar-refractivity contribution >= 4 is 16.8 Å². The van der Waals surface area contributed by atoms with Crippen molar-refractivity contribution in [2.75, 3.05) is 26.2 Å². The molecule has 138 valence electrons. The first-order valence-corrected chi connectivity index (χ1v) is 9.55. The molecule has 6 heteroatoms. The summed E-state index contributed by atoms with van der Waals surface area (Å²) in [5.41, 5.74) is 3.18. The van der Waals surface area contributed by atoms with E-state index in [-0.39, 0.29) is 24.8 Å². The van der Waals surface area contributed by atoms with Crippen LogP contribution in [-0.4, -0.2) is 58.4 Å². The largest absolute Gasteiger partial charge is 0.344 e. The summed E-state index contributed by atoms with van der Waals surface area (Å²) < 4.78 is 28.5. The highest BCUT2D eigenvalue weighted by Gasteiger charge is 2.48. The maximum absolute atomic E-state index is 13.3. The Morgan fingerprint density at radius 2 is 1.77 bits per heavy atom. The predicted molar refractivity (Wildman–Crippen MR) is 95.7 cm³/mol. The van der Waals surface area contributed by atoms with Crippen molar-refractivity contribution in [2.24, 2.45) is 0 Å². The second-order valence-electron chi connectivity index (χ2n) is 7.84. The summed E-state index contributed by atoms with van der Waals surface area (Å²) in [6, 6.07) is 8.14. The van der Waals surface area contributed by atoms with E-state index in [1.807, 2.05) is 23.1 Å². The number of nitrogens with zero attached hydrogens (tertiary/aromatic N) is 3. The Labute approximate surface area is 151 Å². The molecule has 3 aliphatic rings. The van der Waals surface area contributed by atoms with Crippen LogP contribution >= 0.6 is 0 Å². The van der Waals surface area contributed by atoms with Gasteiger partial charge in [0.25, 0.3) is 11.8 Å². The summed E-state index contributed by atoms with van der Waals surface area (Å²) in [5.74, 6) is -2.38. The molecule has 4 nitrogen and oxygen atoms in total. The minimum atomic E-state index is -2.48. The highest BCUT2D eigenvalue weighted by Crippen LogP contribution is 2.40. The molecular weight excluding hydrogens is 336 g/mol. The minimum absolute atomic E-state index is 0.0122. The van der Waals surface area contributed by atoms with E-state index < -0.39 is 5.92 Å². The van der Waals surface area contributed by atoms with Crippen LogP contribution in [0.3, 0.4) is 0 Å². The maximum Gasteiger partial charge on any atom is 0.256 e. The molecule has 0 radical (unpaired) electrons. The summed E-state index contributed by atoms with van der Waals surface area (Å²) in [6.45, 7) is 3.62. The van der Waals surface area contributed by atoms with Gasteiger partial charge in [0.1, 0.15) is 0 Å². The third-order valence-electron chi connectivity index (χ3n) is 6.27. The number of halogens is 2. The van der Waals surface area contributed by atoms with Crippen LogP contribution in [0.25, 0.3) is 10.9 Å². The molecule has 2 fully saturated rings. The second-order valence-corrected chi connectivity index (χ2v) is 7.84. The number of hydrogen-bond donors (Lipinski definition) is 0. The highest BCUT2D eigenvalue weighted by molar-refractivity contribution is 6.08. The molecule has 1 amide bonds. The molecule has 1 aromatic heterocycles. The first-order chi connectivity index (χ1) is 12.5. The molecule has 0 N–H and O–H groups in total. The summed E-state index contributed by atoms with van der Waals surface area (Å²) >= 11 is 0. The summed E-state index contributed by atoms with van der Waals surface area (Å²) in [7, 11) is 0. The van der Waals surface area contributed by atoms with Crippen LogP contribution in [0.1, 0.15) is 35.3 Å². The van der Waals surface area contributed by atoms with Gasteiger partial charge in [-0.05, 0) is 18.9 Å². The SMILES string of the molecule is O=C(c1c2n(c3ccccc13)CCC2)N1CCN(C2CC(F)(F)C2)CC1. The van der Waals surface area contributed by atoms with Crippen LogP contribution in [0.15, 0.2) is 24.3 Å². The van der Waals surface area contributed by atoms with E-state index in [1.54, 1.807) is 0 Å². The lowest BCUT2D eigenvalue weighted by Crippen LogP contribution is -2.57. The Bertz CT molecular complexity index is 859. The molecule has 0 atom stereocenters. The zero-order chi connectivity index (χ0) is 17.9. The summed E-state index contributed by atoms with van der Waals surface area (Å²) in [5, 5.41) is 1.05. The lowest BCUT2D eigenvalue weighted by Gasteiger charge is -2.46. The number of rotatable bonds is 2. The lowest BCUT2D eigenvalue weighted by molar-refractivity contribution is -0.128. The molecule has 26 heavy (non-hydrogen) atoms. The van der Waals surface area contributed by atoms with E-state index in [4.69, 9.17) is 0 Å². The van der Waals surface area contributed by atoms with E-state index in [0.717, 1.165) is 41.5 Å². The number of para-hydroxylation sites is 1. The number of benzene rings is 1. The van der Waals surface area contributed by atoms with Gasteiger partial charge in [0.15, 0.2) is 0 Å². The van der Waals surface area contributed by atoms with Gasteiger partial charge in [0.2, 0.25) is 0 Å². The van der Waals surface area contributed by atoms with Crippen molar-refractivity contribution in [3.63, 3.8) is 0 Å². The maximum atomic E-state index is 13.3. The van der Waals surface area contributed by atoms with Gasteiger partial charge in [0.05, 0.1) is 5.56 Å². The molecule has 3 heterocycles. The van der Waals surface area contributed by atoms with Crippen LogP contribution in [0, 0.1) is 0 Å². The van der Waals surface area contributed by atoms with Gasteiger partial charge in [-0.1, -0.05) is 18.2 Å². The molecule has 1 aromatic carbocycles. The van der Waals surface area contributed by atoms with E-state index in [9.17, 15) is 13.6 Å². The van der Waals surface area contributed by atoms with Crippen LogP contribution in [-0.2, 0) is 13.0 Å². The fourth-order valence-electron chi connectivity index (χ4n) is 4.85. The number of hydrogen-bond acceptors (Lipinski definition) is 2. The van der Waals surface area contributed by atoms with Gasteiger partial charge in [-0.25, -0.2) is 8.78 Å². The lowest BCUT2D eigenvalue weighted by atomic mass is 9.86. The number of piperazine rings is 1. The van der Waals surface area contributed by atoms with Crippen molar-refractivity contribution in [2.45, 2.75) is 44.2 Å². The molecule has 2 aliphatic heterocycles. The molecular formula is C20H23F2N3O. The first-order valence-electron chi connectivity index (χ1n) is 9.55. The first kappa shape index (κ1) is 16.2. The van der Waals surface area contributed by atoms with Gasteiger partial charge in [0, 0.05) is 68.2 Å². The third-order valence-corrected chi connectivity index (χ3v) is 6.27. The molecule has 2 aromatic rings. The minimum Gasteiger partial charge on any atom is -0.344 e. The third kappa shape index (κ3) is 2.46. The van der Waals surface area contributed by atoms with Crippen LogP contribution in [0.5, 0.6) is 0 Å². The average Bonchev–Trinajstić information content (AvgIpc) is 3.20. The van der Waals surface area contributed by atoms with Gasteiger partial charge in [-0.3, -0.25) is 9.69 Å². The number of aromatic nitrogens is 1. The fraction of sp³-hybridized carbons (Fsp3) is 0.550. The van der Waals surface area contributed by atoms with Crippen molar-refractivity contribution in [1.29, 1.82) is 0 Å². The Kier molecular flexibility index (Phi) is 3.61. The van der Waals surface area contributed by atoms with Crippen molar-refractivity contribution in [3.05, 3.63) is 35.5 Å². The number of aryl methyl sites for hydroxylation is 1. The second kappa shape index (κ2) is 5.78. The Morgan fingerprint density at radius 1 is 1.04 bits per heavy atom. The predicted octanol–water partition coefficient (Wildman–Crippen LogP) is 3.14. The molecule has 1 saturated carbocycles. The zero-order valence-corrected chi connectivity index (χ0v) is 14.8. The molecule has 1 saturated heterocycles. The summed E-state index contributed by atoms with van der Waals surface area (Å²) in [6.07, 6.45) is 1.98.